The van der Waals surface area contributed by atoms with Gasteiger partial charge in [-0.05, 0) is 12.1 Å². The number of likely N-dealkylation sites (N-methyl/N-ethyl adjacent to an activating group) is 1. The molecule has 0 atom stereocenters. The fourth-order valence-corrected chi connectivity index (χ4v) is 2.20. The lowest BCUT2D eigenvalue weighted by molar-refractivity contribution is -0.0734. The van der Waals surface area contributed by atoms with Crippen molar-refractivity contribution in [2.24, 2.45) is 0 Å². The molecule has 1 amide bonds. The first-order valence-corrected chi connectivity index (χ1v) is 6.61. The average Bonchev–Trinajstić information content (AvgIpc) is 2.47. The summed E-state index contributed by atoms with van der Waals surface area (Å²) in [5.74, 6) is 0.354. The number of aromatic nitrogens is 2. The van der Waals surface area contributed by atoms with Crippen molar-refractivity contribution in [3.63, 3.8) is 0 Å². The van der Waals surface area contributed by atoms with Gasteiger partial charge in [0, 0.05) is 46.7 Å². The Morgan fingerprint density at radius 3 is 2.70 bits per heavy atom. The fourth-order valence-electron chi connectivity index (χ4n) is 2.20. The van der Waals surface area contributed by atoms with E-state index in [1.807, 2.05) is 0 Å². The summed E-state index contributed by atoms with van der Waals surface area (Å²) in [7, 11) is 3.39. The van der Waals surface area contributed by atoms with Crippen molar-refractivity contribution in [1.82, 2.24) is 15.1 Å². The van der Waals surface area contributed by atoms with Crippen molar-refractivity contribution in [3.05, 3.63) is 17.8 Å². The molecule has 1 aliphatic rings. The van der Waals surface area contributed by atoms with Crippen LogP contribution in [0, 0.1) is 0 Å². The van der Waals surface area contributed by atoms with Crippen LogP contribution in [0.15, 0.2) is 12.1 Å². The Labute approximate surface area is 117 Å². The lowest BCUT2D eigenvalue weighted by Crippen LogP contribution is -2.47. The number of amides is 1. The number of anilines is 1. The molecule has 2 N–H and O–H groups in total. The van der Waals surface area contributed by atoms with Crippen LogP contribution in [-0.2, 0) is 4.74 Å². The van der Waals surface area contributed by atoms with Gasteiger partial charge >= 0.3 is 0 Å². The maximum absolute atomic E-state index is 12.2. The molecule has 2 heterocycles. The SMILES string of the molecule is CNc1ccc(C(=O)N(C)CC2(O)CCOCC2)nn1. The van der Waals surface area contributed by atoms with Crippen LogP contribution in [-0.4, -0.2) is 65.6 Å². The third-order valence-electron chi connectivity index (χ3n) is 3.44. The van der Waals surface area contributed by atoms with Crippen molar-refractivity contribution >= 4 is 11.7 Å². The summed E-state index contributed by atoms with van der Waals surface area (Å²) < 4.78 is 5.22. The van der Waals surface area contributed by atoms with Gasteiger partial charge in [-0.15, -0.1) is 10.2 Å². The molecule has 20 heavy (non-hydrogen) atoms. The van der Waals surface area contributed by atoms with Gasteiger partial charge in [-0.2, -0.15) is 0 Å². The molecule has 0 bridgehead atoms. The number of hydrogen-bond donors (Lipinski definition) is 2. The van der Waals surface area contributed by atoms with E-state index < -0.39 is 5.60 Å². The number of nitrogens with one attached hydrogen (secondary N) is 1. The summed E-state index contributed by atoms with van der Waals surface area (Å²) >= 11 is 0. The van der Waals surface area contributed by atoms with Gasteiger partial charge in [-0.1, -0.05) is 0 Å². The van der Waals surface area contributed by atoms with E-state index in [1.54, 1.807) is 26.2 Å². The Kier molecular flexibility index (Phi) is 4.51. The zero-order valence-corrected chi connectivity index (χ0v) is 11.8. The van der Waals surface area contributed by atoms with Crippen LogP contribution in [0.5, 0.6) is 0 Å². The Bertz CT molecular complexity index is 457. The minimum Gasteiger partial charge on any atom is -0.388 e. The topological polar surface area (TPSA) is 87.6 Å². The Balaban J connectivity index is 2.00. The van der Waals surface area contributed by atoms with Crippen LogP contribution in [0.1, 0.15) is 23.3 Å². The highest BCUT2D eigenvalue weighted by Crippen LogP contribution is 2.21. The molecular formula is C13H20N4O3. The molecule has 0 aromatic carbocycles. The second-order valence-electron chi connectivity index (χ2n) is 5.05. The second kappa shape index (κ2) is 6.15. The number of carbonyl (C=O) groups is 1. The number of carbonyl (C=O) groups excluding carboxylic acids is 1. The van der Waals surface area contributed by atoms with Crippen LogP contribution < -0.4 is 5.32 Å². The molecule has 0 unspecified atom stereocenters. The molecule has 0 saturated carbocycles. The highest BCUT2D eigenvalue weighted by Gasteiger charge is 2.32. The minimum absolute atomic E-state index is 0.250. The molecule has 0 spiro atoms. The highest BCUT2D eigenvalue weighted by atomic mass is 16.5. The molecule has 1 fully saturated rings. The van der Waals surface area contributed by atoms with E-state index in [-0.39, 0.29) is 18.1 Å². The largest absolute Gasteiger partial charge is 0.388 e. The van der Waals surface area contributed by atoms with Crippen molar-refractivity contribution in [2.75, 3.05) is 39.2 Å². The molecule has 0 radical (unpaired) electrons. The van der Waals surface area contributed by atoms with Gasteiger partial charge in [0.15, 0.2) is 5.69 Å². The van der Waals surface area contributed by atoms with E-state index in [9.17, 15) is 9.90 Å². The van der Waals surface area contributed by atoms with Gasteiger partial charge in [-0.3, -0.25) is 4.79 Å². The van der Waals surface area contributed by atoms with Crippen LogP contribution in [0.3, 0.4) is 0 Å². The summed E-state index contributed by atoms with van der Waals surface area (Å²) in [4.78, 5) is 13.7. The summed E-state index contributed by atoms with van der Waals surface area (Å²) in [5, 5.41) is 21.0. The normalized spacial score (nSPS) is 17.6. The molecule has 1 saturated heterocycles. The van der Waals surface area contributed by atoms with Crippen LogP contribution in [0.4, 0.5) is 5.82 Å². The van der Waals surface area contributed by atoms with E-state index in [0.717, 1.165) is 0 Å². The molecule has 1 aliphatic heterocycles. The predicted molar refractivity (Wildman–Crippen MR) is 73.5 cm³/mol. The van der Waals surface area contributed by atoms with Crippen molar-refractivity contribution in [3.8, 4) is 0 Å². The van der Waals surface area contributed by atoms with E-state index in [4.69, 9.17) is 4.74 Å². The van der Waals surface area contributed by atoms with Crippen molar-refractivity contribution < 1.29 is 14.6 Å². The molecule has 110 valence electrons. The van der Waals surface area contributed by atoms with E-state index in [0.29, 0.717) is 31.9 Å². The maximum atomic E-state index is 12.2. The van der Waals surface area contributed by atoms with Crippen LogP contribution in [0.25, 0.3) is 0 Å². The maximum Gasteiger partial charge on any atom is 0.274 e. The third kappa shape index (κ3) is 3.43. The standard InChI is InChI=1S/C13H20N4O3/c1-14-11-4-3-10(15-16-11)12(18)17(2)9-13(19)5-7-20-8-6-13/h3-4,19H,5-9H2,1-2H3,(H,14,16). The second-order valence-corrected chi connectivity index (χ2v) is 5.05. The first-order chi connectivity index (χ1) is 9.54. The summed E-state index contributed by atoms with van der Waals surface area (Å²) in [6.07, 6.45) is 1.07. The van der Waals surface area contributed by atoms with Gasteiger partial charge in [0.25, 0.3) is 5.91 Å². The summed E-state index contributed by atoms with van der Waals surface area (Å²) in [6.45, 7) is 1.31. The third-order valence-corrected chi connectivity index (χ3v) is 3.44. The predicted octanol–water partition coefficient (Wildman–Crippen LogP) is 0.132. The van der Waals surface area contributed by atoms with Gasteiger partial charge in [0.1, 0.15) is 5.82 Å². The van der Waals surface area contributed by atoms with Gasteiger partial charge in [0.2, 0.25) is 0 Å². The average molecular weight is 280 g/mol. The van der Waals surface area contributed by atoms with Crippen LogP contribution in [0.2, 0.25) is 0 Å². The molecule has 0 aliphatic carbocycles. The number of aliphatic hydroxyl groups is 1. The monoisotopic (exact) mass is 280 g/mol. The van der Waals surface area contributed by atoms with E-state index in [1.165, 1.54) is 4.90 Å². The lowest BCUT2D eigenvalue weighted by atomic mass is 9.94. The Morgan fingerprint density at radius 1 is 1.45 bits per heavy atom. The first-order valence-electron chi connectivity index (χ1n) is 6.61. The Hall–Kier alpha value is -1.73. The lowest BCUT2D eigenvalue weighted by Gasteiger charge is -2.35. The van der Waals surface area contributed by atoms with E-state index in [2.05, 4.69) is 15.5 Å². The van der Waals surface area contributed by atoms with Gasteiger partial charge in [-0.25, -0.2) is 0 Å². The zero-order chi connectivity index (χ0) is 14.6. The summed E-state index contributed by atoms with van der Waals surface area (Å²) in [6, 6.07) is 3.31. The fraction of sp³-hybridized carbons (Fsp3) is 0.615. The minimum atomic E-state index is -0.874. The first kappa shape index (κ1) is 14.7. The number of hydrogen-bond acceptors (Lipinski definition) is 6. The summed E-state index contributed by atoms with van der Waals surface area (Å²) in [5.41, 5.74) is -0.608. The van der Waals surface area contributed by atoms with Gasteiger partial charge in [0.05, 0.1) is 5.60 Å². The van der Waals surface area contributed by atoms with Crippen molar-refractivity contribution in [2.45, 2.75) is 18.4 Å². The number of ether oxygens (including phenoxy) is 1. The smallest absolute Gasteiger partial charge is 0.274 e. The molecule has 7 nitrogen and oxygen atoms in total. The quantitative estimate of drug-likeness (QED) is 0.815. The van der Waals surface area contributed by atoms with E-state index >= 15 is 0 Å². The molecule has 7 heteroatoms. The molecule has 2 rings (SSSR count). The van der Waals surface area contributed by atoms with Crippen LogP contribution >= 0.6 is 0 Å². The number of nitrogens with zero attached hydrogens (tertiary/aromatic N) is 3. The molecule has 1 aromatic heterocycles. The molecule has 1 aromatic rings. The molecular weight excluding hydrogens is 260 g/mol. The zero-order valence-electron chi connectivity index (χ0n) is 11.8. The highest BCUT2D eigenvalue weighted by molar-refractivity contribution is 5.92. The van der Waals surface area contributed by atoms with Gasteiger partial charge < -0.3 is 20.1 Å². The number of rotatable bonds is 4. The van der Waals surface area contributed by atoms with Crippen molar-refractivity contribution in [1.29, 1.82) is 0 Å². The Morgan fingerprint density at radius 2 is 2.15 bits per heavy atom.